The van der Waals surface area contributed by atoms with Crippen LogP contribution in [-0.2, 0) is 43.2 Å². The molecule has 682 valence electrons. The number of ether oxygens (including phenoxy) is 2. The van der Waals surface area contributed by atoms with Crippen LogP contribution >= 0.6 is 46.4 Å². The van der Waals surface area contributed by atoms with E-state index in [2.05, 4.69) is 76.1 Å². The number of rotatable bonds is 21. The molecular formula is C103H79Cl4N23O8. The first kappa shape index (κ1) is 93.7. The van der Waals surface area contributed by atoms with E-state index in [0.29, 0.717) is 121 Å². The number of pyridine rings is 5. The van der Waals surface area contributed by atoms with Crippen molar-refractivity contribution in [2.75, 3.05) is 59.6 Å². The number of esters is 2. The molecule has 9 aromatic carbocycles. The molecule has 31 nitrogen and oxygen atoms in total. The van der Waals surface area contributed by atoms with Gasteiger partial charge in [0.25, 0.3) is 5.91 Å². The summed E-state index contributed by atoms with van der Waals surface area (Å²) in [5, 5.41) is 16.1. The Kier molecular flexibility index (Phi) is 29.2. The molecule has 0 radical (unpaired) electrons. The number of halogens is 4. The molecule has 12 N–H and O–H groups in total. The summed E-state index contributed by atoms with van der Waals surface area (Å²) in [6, 6.07) is 77.7. The van der Waals surface area contributed by atoms with Gasteiger partial charge in [0.15, 0.2) is 46.4 Å². The maximum absolute atomic E-state index is 12.9. The number of nitrogens with two attached hydrogens (primary N) is 4. The molecule has 35 heteroatoms. The van der Waals surface area contributed by atoms with E-state index in [-0.39, 0.29) is 84.2 Å². The van der Waals surface area contributed by atoms with Gasteiger partial charge >= 0.3 is 11.9 Å². The van der Waals surface area contributed by atoms with Crippen LogP contribution in [0.4, 0.5) is 40.7 Å². The number of fused-ring (bicyclic) bond motifs is 4. The van der Waals surface area contributed by atoms with Crippen molar-refractivity contribution < 1.29 is 38.2 Å². The molecule has 0 fully saturated rings. The third-order valence-electron chi connectivity index (χ3n) is 21.1. The number of anilines is 7. The maximum Gasteiger partial charge on any atom is 0.339 e. The van der Waals surface area contributed by atoms with Crippen molar-refractivity contribution in [2.45, 2.75) is 26.3 Å². The van der Waals surface area contributed by atoms with Gasteiger partial charge in [-0.3, -0.25) is 44.1 Å². The van der Waals surface area contributed by atoms with Crippen LogP contribution in [0.3, 0.4) is 0 Å². The van der Waals surface area contributed by atoms with E-state index in [1.165, 1.54) is 20.4 Å². The number of benzene rings is 9. The molecule has 0 saturated heterocycles. The van der Waals surface area contributed by atoms with E-state index in [9.17, 15) is 28.8 Å². The summed E-state index contributed by atoms with van der Waals surface area (Å²) in [7, 11) is 2.84. The van der Waals surface area contributed by atoms with E-state index in [4.69, 9.17) is 93.8 Å². The van der Waals surface area contributed by atoms with Crippen LogP contribution in [0.5, 0.6) is 0 Å². The molecule has 19 aromatic rings. The summed E-state index contributed by atoms with van der Waals surface area (Å²) in [5.41, 5.74) is 39.9. The minimum atomic E-state index is -0.473. The predicted molar refractivity (Wildman–Crippen MR) is 537 cm³/mol. The standard InChI is InChI=1S/C29H23ClN6O3.C29H22ClN5O3.C24H18ClN7O.C21H16ClN5O/c1-2-39-29(38)19-10-11-21(33-16-19)15-23(37)34-28-27(31)35-25(17-7-4-3-5-8-17)26(36-28)20-13-18-9-6-12-32-24(18)22(30)14-20;1-38-29(37)19-11-9-17(10-12-19)14-23(36)33-28-27(31)34-25(18-6-3-2-4-7-18)26(35-28)21-15-20-8-5-13-32-24(20)22(30)16-21;25-18-12-17(11-16-7-4-8-28-20(16)18)22-21(15-5-2-1-3-6-15)30-23(26)24(31-22)29-19(33)13-32-10-9-27-14-32;1-24-21(28)19-20(23)27-17(12-6-3-2-4-7-12)18(26-19)14-10-13-8-5-9-25-16(13)15(22)11-14/h3-14,16H,2,15H2,1H3,(H2,31,35)(H,34,36,37);2-13,15-16H,14H2,1H3,(H2,31,34)(H,33,35,36);1-12,14H,13H2,(H2,26,30)(H,29,31,33);2-11H,1H3,(H2,23,27)(H,24,28). The number of hydrogen-bond acceptors (Lipinski definition) is 26. The lowest BCUT2D eigenvalue weighted by Crippen LogP contribution is -2.22. The second-order valence-electron chi connectivity index (χ2n) is 30.5. The number of amides is 4. The van der Waals surface area contributed by atoms with Crippen LogP contribution < -0.4 is 44.2 Å². The van der Waals surface area contributed by atoms with Crippen molar-refractivity contribution in [1.29, 1.82) is 0 Å². The topological polar surface area (TPSA) is 458 Å². The minimum absolute atomic E-state index is 0.0474. The molecule has 19 rings (SSSR count). The molecule has 10 aromatic heterocycles. The molecular weight excluding hydrogens is 1830 g/mol. The van der Waals surface area contributed by atoms with Gasteiger partial charge in [-0.05, 0) is 110 Å². The Morgan fingerprint density at radius 1 is 0.362 bits per heavy atom. The smallest absolute Gasteiger partial charge is 0.339 e. The summed E-state index contributed by atoms with van der Waals surface area (Å²) in [5.74, 6) is -1.61. The average molecular weight is 1910 g/mol. The lowest BCUT2D eigenvalue weighted by molar-refractivity contribution is -0.117. The van der Waals surface area contributed by atoms with E-state index in [1.54, 1.807) is 116 Å². The van der Waals surface area contributed by atoms with Crippen molar-refractivity contribution in [3.8, 4) is 90.1 Å². The fourth-order valence-corrected chi connectivity index (χ4v) is 15.8. The number of methoxy groups -OCH3 is 1. The number of carbonyl (C=O) groups excluding carboxylic acids is 6. The minimum Gasteiger partial charge on any atom is -0.465 e. The van der Waals surface area contributed by atoms with E-state index in [0.717, 1.165) is 54.9 Å². The summed E-state index contributed by atoms with van der Waals surface area (Å²) < 4.78 is 11.3. The molecule has 4 amide bonds. The zero-order valence-corrected chi connectivity index (χ0v) is 76.5. The number of aromatic nitrogens is 15. The molecule has 0 spiro atoms. The number of imidazole rings is 1. The maximum atomic E-state index is 12.9. The molecule has 0 aliphatic carbocycles. The molecule has 0 unspecified atom stereocenters. The van der Waals surface area contributed by atoms with E-state index >= 15 is 0 Å². The number of nitrogen functional groups attached to an aromatic ring is 4. The molecule has 0 aliphatic heterocycles. The van der Waals surface area contributed by atoms with Crippen LogP contribution in [0.25, 0.3) is 134 Å². The summed E-state index contributed by atoms with van der Waals surface area (Å²) in [6.45, 7) is 2.06. The van der Waals surface area contributed by atoms with Crippen LogP contribution in [-0.4, -0.2) is 131 Å². The van der Waals surface area contributed by atoms with Gasteiger partial charge in [0.05, 0.1) is 132 Å². The largest absolute Gasteiger partial charge is 0.465 e. The van der Waals surface area contributed by atoms with Crippen LogP contribution in [0.2, 0.25) is 20.1 Å². The van der Waals surface area contributed by atoms with Gasteiger partial charge in [-0.25, -0.2) is 54.4 Å². The Morgan fingerprint density at radius 2 is 0.717 bits per heavy atom. The Balaban J connectivity index is 0.000000134. The monoisotopic (exact) mass is 1910 g/mol. The fraction of sp³-hybridized carbons (Fsp3) is 0.0680. The van der Waals surface area contributed by atoms with Crippen LogP contribution in [0.1, 0.15) is 49.4 Å². The first-order valence-corrected chi connectivity index (χ1v) is 44.0. The predicted octanol–water partition coefficient (Wildman–Crippen LogP) is 19.3. The fourth-order valence-electron chi connectivity index (χ4n) is 14.6. The number of nitrogens with zero attached hydrogens (tertiary/aromatic N) is 15. The lowest BCUT2D eigenvalue weighted by Gasteiger charge is -2.14. The Bertz CT molecular complexity index is 7810. The van der Waals surface area contributed by atoms with Crippen LogP contribution in [0, 0.1) is 0 Å². The SMILES string of the molecule is CCOC(=O)c1ccc(CC(=O)Nc2nc(-c3cc(Cl)c4ncccc4c3)c(-c3ccccc3)nc2N)nc1.CNC(=O)c1nc(-c2cc(Cl)c3ncccc3c2)c(-c2ccccc2)nc1N.COC(=O)c1ccc(CC(=O)Nc2nc(-c3cc(Cl)c4ncccc4c3)c(-c3ccccc3)nc2N)cc1.Nc1nc(-c2ccccc2)c(-c2cc(Cl)c3ncccc3c2)nc1NC(=O)Cn1ccnc1. The quantitative estimate of drug-likeness (QED) is 0.0310. The van der Waals surface area contributed by atoms with E-state index in [1.807, 2.05) is 194 Å². The number of carbonyl (C=O) groups is 6. The van der Waals surface area contributed by atoms with Gasteiger partial charge in [0, 0.05) is 122 Å². The first-order chi connectivity index (χ1) is 67.0. The molecule has 10 heterocycles. The van der Waals surface area contributed by atoms with Crippen molar-refractivity contribution >= 4 is 166 Å². The number of nitrogens with one attached hydrogen (secondary N) is 4. The van der Waals surface area contributed by atoms with Crippen molar-refractivity contribution in [2.24, 2.45) is 0 Å². The molecule has 0 saturated carbocycles. The van der Waals surface area contributed by atoms with Gasteiger partial charge in [0.1, 0.15) is 6.54 Å². The van der Waals surface area contributed by atoms with Gasteiger partial charge in [-0.1, -0.05) is 204 Å². The second-order valence-corrected chi connectivity index (χ2v) is 32.1. The third kappa shape index (κ3) is 22.0. The van der Waals surface area contributed by atoms with Gasteiger partial charge < -0.3 is 58.2 Å². The van der Waals surface area contributed by atoms with Gasteiger partial charge in [-0.15, -0.1) is 0 Å². The second kappa shape index (κ2) is 43.0. The first-order valence-electron chi connectivity index (χ1n) is 42.5. The van der Waals surface area contributed by atoms with Crippen molar-refractivity contribution in [1.82, 2.24) is 79.7 Å². The third-order valence-corrected chi connectivity index (χ3v) is 22.3. The lowest BCUT2D eigenvalue weighted by atomic mass is 10.0. The average Bonchev–Trinajstić information content (AvgIpc) is 0.799. The number of hydrogen-bond donors (Lipinski definition) is 8. The van der Waals surface area contributed by atoms with Gasteiger partial charge in [0.2, 0.25) is 17.7 Å². The summed E-state index contributed by atoms with van der Waals surface area (Å²) in [4.78, 5) is 137. The Labute approximate surface area is 807 Å². The van der Waals surface area contributed by atoms with Crippen LogP contribution in [0.15, 0.2) is 304 Å². The summed E-state index contributed by atoms with van der Waals surface area (Å²) in [6.07, 6.45) is 13.0. The normalized spacial score (nSPS) is 10.8. The van der Waals surface area contributed by atoms with E-state index < -0.39 is 23.8 Å². The van der Waals surface area contributed by atoms with Crippen molar-refractivity contribution in [3.05, 3.63) is 353 Å². The zero-order chi connectivity index (χ0) is 96.5. The highest BCUT2D eigenvalue weighted by atomic mass is 35.5. The van der Waals surface area contributed by atoms with Crippen molar-refractivity contribution in [3.63, 3.8) is 0 Å². The molecule has 0 atom stereocenters. The molecule has 138 heavy (non-hydrogen) atoms. The van der Waals surface area contributed by atoms with Gasteiger partial charge in [-0.2, -0.15) is 0 Å². The molecule has 0 aliphatic rings. The summed E-state index contributed by atoms with van der Waals surface area (Å²) >= 11 is 26.1. The zero-order valence-electron chi connectivity index (χ0n) is 73.5. The highest BCUT2D eigenvalue weighted by molar-refractivity contribution is 6.37. The Morgan fingerprint density at radius 3 is 1.07 bits per heavy atom. The highest BCUT2D eigenvalue weighted by Gasteiger charge is 2.26. The highest BCUT2D eigenvalue weighted by Crippen LogP contribution is 2.42. The Hall–Kier alpha value is -17.5. The molecule has 0 bridgehead atoms.